The molecular formula is C29H34O11. The van der Waals surface area contributed by atoms with Crippen LogP contribution in [0.2, 0.25) is 0 Å². The number of aliphatic hydroxyl groups is 3. The van der Waals surface area contributed by atoms with Gasteiger partial charge in [-0.05, 0) is 50.1 Å². The predicted octanol–water partition coefficient (Wildman–Crippen LogP) is 1.65. The van der Waals surface area contributed by atoms with Crippen molar-refractivity contribution in [3.63, 3.8) is 0 Å². The van der Waals surface area contributed by atoms with Crippen molar-refractivity contribution in [2.45, 2.75) is 82.1 Å². The number of aromatic hydroxyl groups is 2. The first kappa shape index (κ1) is 28.6. The molecule has 11 nitrogen and oxygen atoms in total. The predicted molar refractivity (Wildman–Crippen MR) is 138 cm³/mol. The van der Waals surface area contributed by atoms with E-state index in [-0.39, 0.29) is 46.2 Å². The van der Waals surface area contributed by atoms with Gasteiger partial charge in [-0.3, -0.25) is 9.59 Å². The summed E-state index contributed by atoms with van der Waals surface area (Å²) in [5.74, 6) is -2.40. The molecule has 40 heavy (non-hydrogen) atoms. The Labute approximate surface area is 230 Å². The van der Waals surface area contributed by atoms with Crippen LogP contribution in [0.25, 0.3) is 0 Å². The average Bonchev–Trinajstić information content (AvgIpc) is 2.89. The number of aliphatic hydroxyl groups excluding tert-OH is 2. The molecule has 11 heteroatoms. The van der Waals surface area contributed by atoms with Gasteiger partial charge in [-0.15, -0.1) is 0 Å². The molecule has 1 aliphatic heterocycles. The van der Waals surface area contributed by atoms with E-state index in [0.717, 1.165) is 0 Å². The first-order chi connectivity index (χ1) is 18.8. The molecule has 0 bridgehead atoms. The SMILES string of the molecule is CO[C@H]1[C@H](OC2CC(C)(OC)C(O)C(C)O2)c2c(cc3c(c2O)C(=O)c2c(O)cc(CO)cc2C3=O)C[C@@]1(C)O. The molecule has 4 unspecified atom stereocenters. The minimum atomic E-state index is -1.51. The highest BCUT2D eigenvalue weighted by atomic mass is 16.7. The van der Waals surface area contributed by atoms with E-state index in [2.05, 4.69) is 0 Å². The fourth-order valence-electron chi connectivity index (χ4n) is 6.31. The summed E-state index contributed by atoms with van der Waals surface area (Å²) in [7, 11) is 2.85. The fraction of sp³-hybridized carbons (Fsp3) is 0.517. The number of ether oxygens (including phenoxy) is 4. The van der Waals surface area contributed by atoms with E-state index in [4.69, 9.17) is 18.9 Å². The van der Waals surface area contributed by atoms with Crippen molar-refractivity contribution in [2.75, 3.05) is 14.2 Å². The van der Waals surface area contributed by atoms with E-state index in [1.807, 2.05) is 0 Å². The number of rotatable bonds is 5. The number of benzene rings is 2. The Hall–Kier alpha value is -2.90. The van der Waals surface area contributed by atoms with Crippen LogP contribution in [0.3, 0.4) is 0 Å². The Morgan fingerprint density at radius 2 is 1.73 bits per heavy atom. The van der Waals surface area contributed by atoms with Gasteiger partial charge in [0.15, 0.2) is 12.1 Å². The van der Waals surface area contributed by atoms with E-state index in [0.29, 0.717) is 5.56 Å². The van der Waals surface area contributed by atoms with Gasteiger partial charge in [0, 0.05) is 43.8 Å². The van der Waals surface area contributed by atoms with E-state index < -0.39 is 71.6 Å². The number of carbonyl (C=O) groups is 2. The number of phenols is 2. The normalized spacial score (nSPS) is 33.4. The molecule has 2 aromatic carbocycles. The number of phenolic OH excluding ortho intramolecular Hbond substituents is 2. The smallest absolute Gasteiger partial charge is 0.201 e. The number of ketones is 2. The van der Waals surface area contributed by atoms with Crippen molar-refractivity contribution in [1.29, 1.82) is 0 Å². The molecule has 1 fully saturated rings. The monoisotopic (exact) mass is 558 g/mol. The summed E-state index contributed by atoms with van der Waals surface area (Å²) >= 11 is 0. The standard InChI is InChI=1S/C29H34O11/c1-12-26(35)29(3,38-5)10-18(39-12)40-25-19-14(9-28(2,36)27(25)37-4)8-16-21(23(19)33)24(34)20-15(22(16)32)6-13(11-30)7-17(20)31/h6-8,12,18,25-27,30-31,33,35-36H,9-11H2,1-5H3/t12?,18?,25-,26?,27+,28-,29?/m1/s1. The first-order valence-corrected chi connectivity index (χ1v) is 13.0. The molecule has 2 aliphatic carbocycles. The van der Waals surface area contributed by atoms with Gasteiger partial charge < -0.3 is 44.5 Å². The van der Waals surface area contributed by atoms with Crippen LogP contribution in [-0.4, -0.2) is 87.1 Å². The largest absolute Gasteiger partial charge is 0.507 e. The van der Waals surface area contributed by atoms with Crippen LogP contribution in [-0.2, 0) is 32.0 Å². The summed E-state index contributed by atoms with van der Waals surface area (Å²) in [5, 5.41) is 53.7. The van der Waals surface area contributed by atoms with E-state index in [1.165, 1.54) is 39.3 Å². The summed E-state index contributed by atoms with van der Waals surface area (Å²) in [6.07, 6.45) is -4.68. The van der Waals surface area contributed by atoms with Gasteiger partial charge >= 0.3 is 0 Å². The Bertz CT molecular complexity index is 1380. The third kappa shape index (κ3) is 4.24. The van der Waals surface area contributed by atoms with E-state index in [9.17, 15) is 35.1 Å². The van der Waals surface area contributed by atoms with Crippen LogP contribution >= 0.6 is 0 Å². The molecule has 0 spiro atoms. The lowest BCUT2D eigenvalue weighted by molar-refractivity contribution is -0.304. The minimum absolute atomic E-state index is 0.0335. The molecule has 2 aromatic rings. The van der Waals surface area contributed by atoms with E-state index in [1.54, 1.807) is 13.8 Å². The van der Waals surface area contributed by atoms with Gasteiger partial charge in [0.25, 0.3) is 0 Å². The Morgan fingerprint density at radius 1 is 1.05 bits per heavy atom. The molecule has 1 heterocycles. The molecule has 0 amide bonds. The quantitative estimate of drug-likeness (QED) is 0.308. The fourth-order valence-corrected chi connectivity index (χ4v) is 6.31. The van der Waals surface area contributed by atoms with Crippen LogP contribution in [0.15, 0.2) is 18.2 Å². The van der Waals surface area contributed by atoms with Crippen LogP contribution in [0.1, 0.15) is 81.8 Å². The number of fused-ring (bicyclic) bond motifs is 3. The van der Waals surface area contributed by atoms with Crippen molar-refractivity contribution < 1.29 is 54.1 Å². The lowest BCUT2D eigenvalue weighted by Gasteiger charge is -2.48. The highest BCUT2D eigenvalue weighted by Crippen LogP contribution is 2.49. The van der Waals surface area contributed by atoms with Gasteiger partial charge in [0.2, 0.25) is 5.78 Å². The summed E-state index contributed by atoms with van der Waals surface area (Å²) in [5.41, 5.74) is -2.53. The molecule has 3 aliphatic rings. The van der Waals surface area contributed by atoms with Crippen LogP contribution in [0.4, 0.5) is 0 Å². The first-order valence-electron chi connectivity index (χ1n) is 13.0. The zero-order valence-corrected chi connectivity index (χ0v) is 22.9. The second kappa shape index (κ2) is 9.88. The Kier molecular flexibility index (Phi) is 7.07. The highest BCUT2D eigenvalue weighted by Gasteiger charge is 2.52. The Balaban J connectivity index is 1.65. The molecule has 0 saturated carbocycles. The van der Waals surface area contributed by atoms with Gasteiger partial charge in [0.05, 0.1) is 35.0 Å². The molecule has 5 N–H and O–H groups in total. The summed E-state index contributed by atoms with van der Waals surface area (Å²) in [4.78, 5) is 27.2. The van der Waals surface area contributed by atoms with Crippen LogP contribution in [0, 0.1) is 0 Å². The second-order valence-corrected chi connectivity index (χ2v) is 11.3. The van der Waals surface area contributed by atoms with Crippen LogP contribution < -0.4 is 0 Å². The van der Waals surface area contributed by atoms with Gasteiger partial charge in [-0.25, -0.2) is 0 Å². The van der Waals surface area contributed by atoms with Crippen LogP contribution in [0.5, 0.6) is 11.5 Å². The molecular weight excluding hydrogens is 524 g/mol. The maximum atomic E-state index is 13.6. The summed E-state index contributed by atoms with van der Waals surface area (Å²) < 4.78 is 23.5. The lowest BCUT2D eigenvalue weighted by Crippen LogP contribution is -2.57. The number of methoxy groups -OCH3 is 2. The Morgan fingerprint density at radius 3 is 2.35 bits per heavy atom. The van der Waals surface area contributed by atoms with Gasteiger partial charge in [-0.2, -0.15) is 0 Å². The van der Waals surface area contributed by atoms with Crippen molar-refractivity contribution in [1.82, 2.24) is 0 Å². The van der Waals surface area contributed by atoms with E-state index >= 15 is 0 Å². The minimum Gasteiger partial charge on any atom is -0.507 e. The molecule has 1 saturated heterocycles. The molecule has 216 valence electrons. The average molecular weight is 559 g/mol. The summed E-state index contributed by atoms with van der Waals surface area (Å²) in [6.45, 7) is 4.47. The number of hydrogen-bond donors (Lipinski definition) is 5. The lowest BCUT2D eigenvalue weighted by atomic mass is 9.72. The van der Waals surface area contributed by atoms with Crippen molar-refractivity contribution >= 4 is 11.6 Å². The molecule has 0 radical (unpaired) electrons. The van der Waals surface area contributed by atoms with Crippen molar-refractivity contribution in [2.24, 2.45) is 0 Å². The zero-order valence-electron chi connectivity index (χ0n) is 22.9. The third-order valence-electron chi connectivity index (χ3n) is 8.48. The molecule has 7 atom stereocenters. The second-order valence-electron chi connectivity index (χ2n) is 11.3. The topological polar surface area (TPSA) is 172 Å². The molecule has 0 aromatic heterocycles. The number of hydrogen-bond acceptors (Lipinski definition) is 11. The molecule has 5 rings (SSSR count). The maximum Gasteiger partial charge on any atom is 0.201 e. The van der Waals surface area contributed by atoms with Gasteiger partial charge in [-0.1, -0.05) is 0 Å². The summed E-state index contributed by atoms with van der Waals surface area (Å²) in [6, 6.07) is 3.97. The third-order valence-corrected chi connectivity index (χ3v) is 8.48. The zero-order chi connectivity index (χ0) is 29.3. The van der Waals surface area contributed by atoms with Crippen molar-refractivity contribution in [3.8, 4) is 11.5 Å². The highest BCUT2D eigenvalue weighted by molar-refractivity contribution is 6.30. The van der Waals surface area contributed by atoms with Gasteiger partial charge in [0.1, 0.15) is 29.8 Å². The van der Waals surface area contributed by atoms with Crippen molar-refractivity contribution in [3.05, 3.63) is 57.1 Å². The number of carbonyl (C=O) groups excluding carboxylic acids is 2. The maximum absolute atomic E-state index is 13.6.